The normalized spacial score (nSPS) is 11.5. The van der Waals surface area contributed by atoms with Crippen LogP contribution in [0.5, 0.6) is 0 Å². The first-order chi connectivity index (χ1) is 5.43. The predicted molar refractivity (Wildman–Crippen MR) is 53.4 cm³/mol. The standard InChI is InChI=1S/C6H6INO3S/c7-4-2-1-3-5(8)6(4)12(9,10)11/h1-3H,8H2,(H,9,10,11). The SMILES string of the molecule is Nc1cccc(I)c1S(=O)(=O)O. The van der Waals surface area contributed by atoms with Crippen LogP contribution in [-0.4, -0.2) is 13.0 Å². The van der Waals surface area contributed by atoms with Crippen LogP contribution in [0, 0.1) is 3.57 Å². The van der Waals surface area contributed by atoms with Crippen LogP contribution in [0.2, 0.25) is 0 Å². The maximum Gasteiger partial charge on any atom is 0.297 e. The summed E-state index contributed by atoms with van der Waals surface area (Å²) < 4.78 is 30.6. The lowest BCUT2D eigenvalue weighted by Crippen LogP contribution is -2.05. The molecule has 0 saturated carbocycles. The molecule has 0 aliphatic heterocycles. The number of hydrogen-bond donors (Lipinski definition) is 2. The largest absolute Gasteiger partial charge is 0.398 e. The van der Waals surface area contributed by atoms with E-state index in [9.17, 15) is 8.42 Å². The lowest BCUT2D eigenvalue weighted by molar-refractivity contribution is 0.483. The molecule has 0 bridgehead atoms. The van der Waals surface area contributed by atoms with E-state index in [0.717, 1.165) is 0 Å². The molecule has 0 unspecified atom stereocenters. The molecule has 0 aliphatic rings. The highest BCUT2D eigenvalue weighted by atomic mass is 127. The predicted octanol–water partition coefficient (Wildman–Crippen LogP) is 1.12. The smallest absolute Gasteiger partial charge is 0.297 e. The molecule has 6 heteroatoms. The molecule has 4 nitrogen and oxygen atoms in total. The average molecular weight is 299 g/mol. The van der Waals surface area contributed by atoms with Gasteiger partial charge in [-0.2, -0.15) is 8.42 Å². The Morgan fingerprint density at radius 1 is 1.42 bits per heavy atom. The molecule has 0 atom stereocenters. The molecular weight excluding hydrogens is 293 g/mol. The average Bonchev–Trinajstić information content (AvgIpc) is 1.82. The fourth-order valence-corrected chi connectivity index (χ4v) is 2.83. The first kappa shape index (κ1) is 9.75. The van der Waals surface area contributed by atoms with E-state index in [4.69, 9.17) is 10.3 Å². The van der Waals surface area contributed by atoms with Crippen molar-refractivity contribution in [2.75, 3.05) is 5.73 Å². The first-order valence-electron chi connectivity index (χ1n) is 2.94. The van der Waals surface area contributed by atoms with Gasteiger partial charge in [-0.3, -0.25) is 4.55 Å². The zero-order valence-corrected chi connectivity index (χ0v) is 8.83. The van der Waals surface area contributed by atoms with Crippen LogP contribution < -0.4 is 5.73 Å². The van der Waals surface area contributed by atoms with E-state index in [1.807, 2.05) is 0 Å². The van der Waals surface area contributed by atoms with Crippen LogP contribution in [0.1, 0.15) is 0 Å². The minimum Gasteiger partial charge on any atom is -0.398 e. The van der Waals surface area contributed by atoms with E-state index in [1.165, 1.54) is 6.07 Å². The second-order valence-electron chi connectivity index (χ2n) is 2.13. The van der Waals surface area contributed by atoms with E-state index < -0.39 is 10.1 Å². The Kier molecular flexibility index (Phi) is 2.59. The maximum absolute atomic E-state index is 10.7. The van der Waals surface area contributed by atoms with Gasteiger partial charge in [0, 0.05) is 3.57 Å². The lowest BCUT2D eigenvalue weighted by Gasteiger charge is -2.03. The monoisotopic (exact) mass is 299 g/mol. The van der Waals surface area contributed by atoms with Crippen molar-refractivity contribution in [1.82, 2.24) is 0 Å². The number of nitrogen functional groups attached to an aromatic ring is 1. The summed E-state index contributed by atoms with van der Waals surface area (Å²) in [5.41, 5.74) is 5.42. The van der Waals surface area contributed by atoms with Crippen molar-refractivity contribution in [2.24, 2.45) is 0 Å². The van der Waals surface area contributed by atoms with Crippen LogP contribution in [0.15, 0.2) is 23.1 Å². The van der Waals surface area contributed by atoms with Crippen molar-refractivity contribution in [2.45, 2.75) is 4.90 Å². The summed E-state index contributed by atoms with van der Waals surface area (Å²) in [6, 6.07) is 4.59. The summed E-state index contributed by atoms with van der Waals surface area (Å²) in [7, 11) is -4.20. The molecule has 1 aromatic carbocycles. The van der Waals surface area contributed by atoms with Gasteiger partial charge in [0.15, 0.2) is 0 Å². The molecule has 1 aromatic rings. The molecule has 0 aromatic heterocycles. The Balaban J connectivity index is 3.53. The summed E-state index contributed by atoms with van der Waals surface area (Å²) >= 11 is 1.79. The van der Waals surface area contributed by atoms with Gasteiger partial charge in [-0.25, -0.2) is 0 Å². The number of rotatable bonds is 1. The number of hydrogen-bond acceptors (Lipinski definition) is 3. The quantitative estimate of drug-likeness (QED) is 0.462. The number of nitrogens with two attached hydrogens (primary N) is 1. The second kappa shape index (κ2) is 3.19. The van der Waals surface area contributed by atoms with E-state index >= 15 is 0 Å². The molecule has 12 heavy (non-hydrogen) atoms. The third kappa shape index (κ3) is 1.87. The Hall–Kier alpha value is -0.340. The van der Waals surface area contributed by atoms with Gasteiger partial charge in [0.1, 0.15) is 4.90 Å². The molecular formula is C6H6INO3S. The van der Waals surface area contributed by atoms with Gasteiger partial charge in [0.05, 0.1) is 5.69 Å². The van der Waals surface area contributed by atoms with Gasteiger partial charge in [-0.1, -0.05) is 6.07 Å². The molecule has 0 fully saturated rings. The van der Waals surface area contributed by atoms with Gasteiger partial charge in [0.2, 0.25) is 0 Å². The van der Waals surface area contributed by atoms with Crippen LogP contribution in [0.3, 0.4) is 0 Å². The highest BCUT2D eigenvalue weighted by Gasteiger charge is 2.16. The number of anilines is 1. The summed E-state index contributed by atoms with van der Waals surface area (Å²) in [4.78, 5) is -0.217. The Bertz CT molecular complexity index is 381. The maximum atomic E-state index is 10.7. The van der Waals surface area contributed by atoms with Crippen LogP contribution in [-0.2, 0) is 10.1 Å². The molecule has 3 N–H and O–H groups in total. The van der Waals surface area contributed by atoms with Crippen molar-refractivity contribution >= 4 is 38.4 Å². The van der Waals surface area contributed by atoms with Crippen LogP contribution in [0.25, 0.3) is 0 Å². The number of benzene rings is 1. The summed E-state index contributed by atoms with van der Waals surface area (Å²) in [6.07, 6.45) is 0. The highest BCUT2D eigenvalue weighted by molar-refractivity contribution is 14.1. The molecule has 0 saturated heterocycles. The van der Waals surface area contributed by atoms with Gasteiger partial charge < -0.3 is 5.73 Å². The van der Waals surface area contributed by atoms with E-state index in [2.05, 4.69) is 0 Å². The second-order valence-corrected chi connectivity index (χ2v) is 4.65. The Morgan fingerprint density at radius 3 is 2.33 bits per heavy atom. The fourth-order valence-electron chi connectivity index (χ4n) is 0.798. The van der Waals surface area contributed by atoms with Crippen molar-refractivity contribution in [1.29, 1.82) is 0 Å². The van der Waals surface area contributed by atoms with Crippen molar-refractivity contribution in [3.63, 3.8) is 0 Å². The van der Waals surface area contributed by atoms with Gasteiger partial charge in [-0.15, -0.1) is 0 Å². The van der Waals surface area contributed by atoms with Crippen LogP contribution >= 0.6 is 22.6 Å². The van der Waals surface area contributed by atoms with E-state index in [1.54, 1.807) is 34.7 Å². The van der Waals surface area contributed by atoms with Gasteiger partial charge >= 0.3 is 0 Å². The fraction of sp³-hybridized carbons (Fsp3) is 0. The topological polar surface area (TPSA) is 80.4 Å². The minimum absolute atomic E-state index is 0.0596. The van der Waals surface area contributed by atoms with Crippen molar-refractivity contribution in [3.05, 3.63) is 21.8 Å². The molecule has 0 heterocycles. The summed E-state index contributed by atoms with van der Waals surface area (Å²) in [5, 5.41) is 0. The van der Waals surface area contributed by atoms with Crippen molar-refractivity contribution in [3.8, 4) is 0 Å². The third-order valence-electron chi connectivity index (χ3n) is 1.26. The zero-order chi connectivity index (χ0) is 9.35. The first-order valence-corrected chi connectivity index (χ1v) is 5.46. The highest BCUT2D eigenvalue weighted by Crippen LogP contribution is 2.23. The van der Waals surface area contributed by atoms with E-state index in [0.29, 0.717) is 3.57 Å². The van der Waals surface area contributed by atoms with E-state index in [-0.39, 0.29) is 10.6 Å². The summed E-state index contributed by atoms with van der Waals surface area (Å²) in [6.45, 7) is 0. The minimum atomic E-state index is -4.20. The van der Waals surface area contributed by atoms with Gasteiger partial charge in [0.25, 0.3) is 10.1 Å². The van der Waals surface area contributed by atoms with Crippen molar-refractivity contribution < 1.29 is 13.0 Å². The molecule has 0 radical (unpaired) electrons. The van der Waals surface area contributed by atoms with Crippen LogP contribution in [0.4, 0.5) is 5.69 Å². The van der Waals surface area contributed by atoms with Gasteiger partial charge in [-0.05, 0) is 34.7 Å². The molecule has 1 rings (SSSR count). The molecule has 0 spiro atoms. The molecule has 66 valence electrons. The number of halogens is 1. The zero-order valence-electron chi connectivity index (χ0n) is 5.86. The Labute approximate surface area is 83.7 Å². The lowest BCUT2D eigenvalue weighted by atomic mass is 10.3. The molecule has 0 aliphatic carbocycles. The Morgan fingerprint density at radius 2 is 2.00 bits per heavy atom. The third-order valence-corrected chi connectivity index (χ3v) is 3.49. The summed E-state index contributed by atoms with van der Waals surface area (Å²) in [5.74, 6) is 0. The molecule has 0 amide bonds.